The number of fused-ring (bicyclic) bond motifs is 1. The van der Waals surface area contributed by atoms with Crippen molar-refractivity contribution in [3.8, 4) is 0 Å². The van der Waals surface area contributed by atoms with Crippen molar-refractivity contribution in [2.45, 2.75) is 25.3 Å². The van der Waals surface area contributed by atoms with E-state index in [1.165, 1.54) is 25.8 Å². The summed E-state index contributed by atoms with van der Waals surface area (Å²) in [4.78, 5) is 4.97. The molecule has 2 aliphatic heterocycles. The largest absolute Gasteiger partial charge is 0.366 e. The van der Waals surface area contributed by atoms with Gasteiger partial charge in [0, 0.05) is 25.7 Å². The van der Waals surface area contributed by atoms with E-state index < -0.39 is 0 Å². The highest BCUT2D eigenvalue weighted by Crippen LogP contribution is 2.35. The Bertz CT molecular complexity index is 416. The van der Waals surface area contributed by atoms with Crippen LogP contribution in [0, 0.1) is 0 Å². The van der Waals surface area contributed by atoms with E-state index in [4.69, 9.17) is 23.2 Å². The molecule has 0 amide bonds. The highest BCUT2D eigenvalue weighted by atomic mass is 35.5. The smallest absolute Gasteiger partial charge is 0.0745 e. The molecule has 2 saturated heterocycles. The van der Waals surface area contributed by atoms with E-state index in [1.807, 2.05) is 18.2 Å². The SMILES string of the molecule is Clc1cccc(Cl)c1N1CCN2CCCCC2C1. The first kappa shape index (κ1) is 12.6. The van der Waals surface area contributed by atoms with Crippen LogP contribution in [0.3, 0.4) is 0 Å². The number of benzene rings is 1. The lowest BCUT2D eigenvalue weighted by Crippen LogP contribution is -2.55. The van der Waals surface area contributed by atoms with Gasteiger partial charge in [-0.05, 0) is 31.5 Å². The first-order chi connectivity index (χ1) is 8.75. The zero-order valence-electron chi connectivity index (χ0n) is 10.4. The molecule has 1 aromatic rings. The molecule has 1 unspecified atom stereocenters. The number of halogens is 2. The predicted octanol–water partition coefficient (Wildman–Crippen LogP) is 3.67. The first-order valence-electron chi connectivity index (χ1n) is 6.69. The number of nitrogens with zero attached hydrogens (tertiary/aromatic N) is 2. The Hall–Kier alpha value is -0.440. The third kappa shape index (κ3) is 2.34. The van der Waals surface area contributed by atoms with Gasteiger partial charge in [0.15, 0.2) is 0 Å². The van der Waals surface area contributed by atoms with Crippen LogP contribution in [0.4, 0.5) is 5.69 Å². The summed E-state index contributed by atoms with van der Waals surface area (Å²) in [5, 5.41) is 1.54. The fourth-order valence-corrected chi connectivity index (χ4v) is 3.79. The minimum atomic E-state index is 0.680. The van der Waals surface area contributed by atoms with Crippen molar-refractivity contribution in [3.05, 3.63) is 28.2 Å². The Morgan fingerprint density at radius 1 is 1.00 bits per heavy atom. The van der Waals surface area contributed by atoms with E-state index in [1.54, 1.807) is 0 Å². The van der Waals surface area contributed by atoms with Gasteiger partial charge in [0.2, 0.25) is 0 Å². The van der Waals surface area contributed by atoms with Gasteiger partial charge in [0.05, 0.1) is 15.7 Å². The third-order valence-corrected chi connectivity index (χ3v) is 4.70. The standard InChI is InChI=1S/C14H18Cl2N2/c15-12-5-3-6-13(16)14(12)18-9-8-17-7-2-1-4-11(17)10-18/h3,5-6,11H,1-2,4,7-10H2. The highest BCUT2D eigenvalue weighted by Gasteiger charge is 2.30. The van der Waals surface area contributed by atoms with Gasteiger partial charge < -0.3 is 4.90 Å². The minimum Gasteiger partial charge on any atom is -0.366 e. The van der Waals surface area contributed by atoms with E-state index in [2.05, 4.69) is 9.80 Å². The Balaban J connectivity index is 1.81. The summed E-state index contributed by atoms with van der Waals surface area (Å²) in [5.41, 5.74) is 1.02. The average molecular weight is 285 g/mol. The summed E-state index contributed by atoms with van der Waals surface area (Å²) in [6.45, 7) is 4.48. The summed E-state index contributed by atoms with van der Waals surface area (Å²) in [6.07, 6.45) is 4.01. The van der Waals surface area contributed by atoms with Gasteiger partial charge in [-0.25, -0.2) is 0 Å². The second kappa shape index (κ2) is 5.28. The number of piperidine rings is 1. The normalized spacial score (nSPS) is 25.0. The molecule has 2 nitrogen and oxygen atoms in total. The molecule has 0 saturated carbocycles. The zero-order valence-corrected chi connectivity index (χ0v) is 11.9. The molecule has 0 aliphatic carbocycles. The van der Waals surface area contributed by atoms with E-state index in [-0.39, 0.29) is 0 Å². The van der Waals surface area contributed by atoms with Crippen LogP contribution in [0.5, 0.6) is 0 Å². The maximum Gasteiger partial charge on any atom is 0.0745 e. The van der Waals surface area contributed by atoms with Crippen LogP contribution in [0.2, 0.25) is 10.0 Å². The molecule has 2 heterocycles. The molecule has 18 heavy (non-hydrogen) atoms. The van der Waals surface area contributed by atoms with Crippen molar-refractivity contribution in [2.24, 2.45) is 0 Å². The van der Waals surface area contributed by atoms with Crippen LogP contribution >= 0.6 is 23.2 Å². The molecule has 2 fully saturated rings. The molecule has 0 spiro atoms. The minimum absolute atomic E-state index is 0.680. The molecule has 2 aliphatic rings. The molecule has 4 heteroatoms. The fourth-order valence-electron chi connectivity index (χ4n) is 3.15. The van der Waals surface area contributed by atoms with Crippen LogP contribution in [0.1, 0.15) is 19.3 Å². The van der Waals surface area contributed by atoms with Crippen molar-refractivity contribution in [1.29, 1.82) is 0 Å². The molecule has 0 bridgehead atoms. The number of anilines is 1. The second-order valence-corrected chi connectivity index (χ2v) is 6.02. The molecular weight excluding hydrogens is 267 g/mol. The Morgan fingerprint density at radius 2 is 1.78 bits per heavy atom. The van der Waals surface area contributed by atoms with Gasteiger partial charge >= 0.3 is 0 Å². The number of hydrogen-bond donors (Lipinski definition) is 0. The van der Waals surface area contributed by atoms with Gasteiger partial charge in [0.25, 0.3) is 0 Å². The van der Waals surface area contributed by atoms with Crippen LogP contribution in [0.25, 0.3) is 0 Å². The summed E-state index contributed by atoms with van der Waals surface area (Å²) >= 11 is 12.6. The molecule has 1 aromatic carbocycles. The van der Waals surface area contributed by atoms with Crippen molar-refractivity contribution < 1.29 is 0 Å². The number of hydrogen-bond acceptors (Lipinski definition) is 2. The first-order valence-corrected chi connectivity index (χ1v) is 7.44. The molecule has 0 aromatic heterocycles. The number of rotatable bonds is 1. The lowest BCUT2D eigenvalue weighted by atomic mass is 9.99. The van der Waals surface area contributed by atoms with Crippen LogP contribution in [0.15, 0.2) is 18.2 Å². The lowest BCUT2D eigenvalue weighted by molar-refractivity contribution is 0.133. The molecule has 98 valence electrons. The Kier molecular flexibility index (Phi) is 3.69. The Morgan fingerprint density at radius 3 is 2.56 bits per heavy atom. The quantitative estimate of drug-likeness (QED) is 0.777. The van der Waals surface area contributed by atoms with Gasteiger partial charge in [-0.15, -0.1) is 0 Å². The summed E-state index contributed by atoms with van der Waals surface area (Å²) < 4.78 is 0. The predicted molar refractivity (Wildman–Crippen MR) is 77.9 cm³/mol. The topological polar surface area (TPSA) is 6.48 Å². The molecule has 3 rings (SSSR count). The van der Waals surface area contributed by atoms with Gasteiger partial charge in [-0.2, -0.15) is 0 Å². The van der Waals surface area contributed by atoms with Crippen molar-refractivity contribution >= 4 is 28.9 Å². The lowest BCUT2D eigenvalue weighted by Gasteiger charge is -2.45. The van der Waals surface area contributed by atoms with Crippen molar-refractivity contribution in [3.63, 3.8) is 0 Å². The molecule has 0 N–H and O–H groups in total. The van der Waals surface area contributed by atoms with Crippen LogP contribution in [-0.2, 0) is 0 Å². The number of piperazine rings is 1. The van der Waals surface area contributed by atoms with Gasteiger partial charge in [-0.3, -0.25) is 4.90 Å². The Labute approximate surface area is 118 Å². The third-order valence-electron chi connectivity index (χ3n) is 4.09. The summed E-state index contributed by atoms with van der Waals surface area (Å²) in [7, 11) is 0. The monoisotopic (exact) mass is 284 g/mol. The fraction of sp³-hybridized carbons (Fsp3) is 0.571. The van der Waals surface area contributed by atoms with E-state index >= 15 is 0 Å². The van der Waals surface area contributed by atoms with Crippen molar-refractivity contribution in [1.82, 2.24) is 4.90 Å². The maximum absolute atomic E-state index is 6.30. The van der Waals surface area contributed by atoms with Crippen molar-refractivity contribution in [2.75, 3.05) is 31.1 Å². The van der Waals surface area contributed by atoms with Gasteiger partial charge in [0.1, 0.15) is 0 Å². The van der Waals surface area contributed by atoms with Gasteiger partial charge in [-0.1, -0.05) is 35.7 Å². The van der Waals surface area contributed by atoms with E-state index in [0.717, 1.165) is 35.4 Å². The molecule has 1 atom stereocenters. The summed E-state index contributed by atoms with van der Waals surface area (Å²) in [6, 6.07) is 6.44. The molecule has 0 radical (unpaired) electrons. The highest BCUT2D eigenvalue weighted by molar-refractivity contribution is 6.39. The summed E-state index contributed by atoms with van der Waals surface area (Å²) in [5.74, 6) is 0. The van der Waals surface area contributed by atoms with E-state index in [9.17, 15) is 0 Å². The molecular formula is C14H18Cl2N2. The number of para-hydroxylation sites is 1. The van der Waals surface area contributed by atoms with Crippen LogP contribution in [-0.4, -0.2) is 37.1 Å². The van der Waals surface area contributed by atoms with Crippen LogP contribution < -0.4 is 4.90 Å². The average Bonchev–Trinajstić information content (AvgIpc) is 2.38. The van der Waals surface area contributed by atoms with E-state index in [0.29, 0.717) is 6.04 Å². The second-order valence-electron chi connectivity index (χ2n) is 5.20. The zero-order chi connectivity index (χ0) is 12.5. The maximum atomic E-state index is 6.30.